The smallest absolute Gasteiger partial charge is 0.268 e. The Labute approximate surface area is 97.1 Å². The number of carbonyl (C=O) groups excluding carboxylic acids is 1. The van der Waals surface area contributed by atoms with Crippen molar-refractivity contribution in [3.63, 3.8) is 0 Å². The third-order valence-corrected chi connectivity index (χ3v) is 2.54. The number of H-pyrrole nitrogens is 1. The van der Waals surface area contributed by atoms with Crippen LogP contribution in [-0.2, 0) is 0 Å². The van der Waals surface area contributed by atoms with E-state index in [4.69, 9.17) is 21.1 Å². The van der Waals surface area contributed by atoms with Gasteiger partial charge in [-0.15, -0.1) is 0 Å². The fourth-order valence-electron chi connectivity index (χ4n) is 1.56. The van der Waals surface area contributed by atoms with E-state index in [1.165, 1.54) is 0 Å². The third-order valence-electron chi connectivity index (χ3n) is 2.34. The van der Waals surface area contributed by atoms with Crippen LogP contribution in [0.15, 0.2) is 18.2 Å². The van der Waals surface area contributed by atoms with Crippen molar-refractivity contribution in [3.05, 3.63) is 23.9 Å². The van der Waals surface area contributed by atoms with Crippen LogP contribution in [0.4, 0.5) is 0 Å². The Hall–Kier alpha value is -1.68. The van der Waals surface area contributed by atoms with Gasteiger partial charge in [-0.1, -0.05) is 0 Å². The normalized spacial score (nSPS) is 10.4. The summed E-state index contributed by atoms with van der Waals surface area (Å²) in [5.74, 6) is 1.22. The molecule has 0 aliphatic heterocycles. The second-order valence-electron chi connectivity index (χ2n) is 3.25. The molecule has 2 rings (SSSR count). The first-order valence-electron chi connectivity index (χ1n) is 4.60. The summed E-state index contributed by atoms with van der Waals surface area (Å²) in [7, 11) is 3.12. The number of aromatic amines is 1. The highest BCUT2D eigenvalue weighted by atomic mass is 35.5. The van der Waals surface area contributed by atoms with Crippen LogP contribution in [0.2, 0.25) is 0 Å². The lowest BCUT2D eigenvalue weighted by Gasteiger charge is -2.06. The molecule has 84 valence electrons. The van der Waals surface area contributed by atoms with E-state index in [0.717, 1.165) is 10.9 Å². The van der Waals surface area contributed by atoms with Crippen molar-refractivity contribution < 1.29 is 14.3 Å². The van der Waals surface area contributed by atoms with Crippen LogP contribution >= 0.6 is 11.6 Å². The lowest BCUT2D eigenvalue weighted by Crippen LogP contribution is -1.89. The van der Waals surface area contributed by atoms with Crippen LogP contribution < -0.4 is 9.47 Å². The molecular weight excluding hydrogens is 230 g/mol. The molecule has 4 nitrogen and oxygen atoms in total. The van der Waals surface area contributed by atoms with Crippen LogP contribution in [0, 0.1) is 0 Å². The van der Waals surface area contributed by atoms with E-state index >= 15 is 0 Å². The Bertz CT molecular complexity index is 506. The van der Waals surface area contributed by atoms with Crippen LogP contribution in [-0.4, -0.2) is 24.4 Å². The summed E-state index contributed by atoms with van der Waals surface area (Å²) in [5, 5.41) is 0.329. The number of nitrogens with one attached hydrogen (secondary N) is 1. The summed E-state index contributed by atoms with van der Waals surface area (Å²) in [4.78, 5) is 13.9. The Balaban J connectivity index is 2.64. The zero-order chi connectivity index (χ0) is 11.7. The quantitative estimate of drug-likeness (QED) is 0.838. The van der Waals surface area contributed by atoms with E-state index in [9.17, 15) is 4.79 Å². The topological polar surface area (TPSA) is 51.3 Å². The molecule has 0 saturated heterocycles. The average Bonchev–Trinajstić information content (AvgIpc) is 2.69. The zero-order valence-electron chi connectivity index (χ0n) is 8.83. The first-order chi connectivity index (χ1) is 7.65. The molecule has 0 amide bonds. The minimum absolute atomic E-state index is 0.354. The first kappa shape index (κ1) is 10.8. The van der Waals surface area contributed by atoms with E-state index in [1.54, 1.807) is 32.4 Å². The molecule has 0 aliphatic rings. The SMILES string of the molecule is COc1cc2cc(C(=O)Cl)[nH]c2cc1OC. The first-order valence-corrected chi connectivity index (χ1v) is 4.98. The average molecular weight is 240 g/mol. The number of ether oxygens (including phenoxy) is 2. The molecule has 0 fully saturated rings. The van der Waals surface area contributed by atoms with Crippen LogP contribution in [0.3, 0.4) is 0 Å². The number of benzene rings is 1. The molecule has 1 aromatic carbocycles. The molecule has 2 aromatic rings. The fourth-order valence-corrected chi connectivity index (χ4v) is 1.67. The highest BCUT2D eigenvalue weighted by Gasteiger charge is 2.10. The predicted molar refractivity (Wildman–Crippen MR) is 61.6 cm³/mol. The Kier molecular flexibility index (Phi) is 2.75. The van der Waals surface area contributed by atoms with Crippen molar-refractivity contribution in [1.82, 2.24) is 4.98 Å². The van der Waals surface area contributed by atoms with Gasteiger partial charge in [0, 0.05) is 17.0 Å². The highest BCUT2D eigenvalue weighted by Crippen LogP contribution is 2.32. The van der Waals surface area contributed by atoms with E-state index in [2.05, 4.69) is 4.98 Å². The molecule has 5 heteroatoms. The van der Waals surface area contributed by atoms with Gasteiger partial charge in [0.15, 0.2) is 11.5 Å². The number of fused-ring (bicyclic) bond motifs is 1. The number of hydrogen-bond donors (Lipinski definition) is 1. The second kappa shape index (κ2) is 4.06. The van der Waals surface area contributed by atoms with Crippen LogP contribution in [0.25, 0.3) is 10.9 Å². The molecule has 0 unspecified atom stereocenters. The zero-order valence-corrected chi connectivity index (χ0v) is 9.59. The van der Waals surface area contributed by atoms with Gasteiger partial charge in [0.05, 0.1) is 19.9 Å². The summed E-state index contributed by atoms with van der Waals surface area (Å²) < 4.78 is 10.3. The Morgan fingerprint density at radius 1 is 1.19 bits per heavy atom. The maximum Gasteiger partial charge on any atom is 0.268 e. The monoisotopic (exact) mass is 239 g/mol. The maximum atomic E-state index is 11.0. The molecule has 0 bridgehead atoms. The van der Waals surface area contributed by atoms with Gasteiger partial charge in [-0.25, -0.2) is 0 Å². The van der Waals surface area contributed by atoms with Gasteiger partial charge in [-0.05, 0) is 23.7 Å². The van der Waals surface area contributed by atoms with Gasteiger partial charge in [0.2, 0.25) is 0 Å². The van der Waals surface area contributed by atoms with Crippen molar-refractivity contribution in [2.45, 2.75) is 0 Å². The molecule has 0 radical (unpaired) electrons. The van der Waals surface area contributed by atoms with Crippen molar-refractivity contribution >= 4 is 27.7 Å². The van der Waals surface area contributed by atoms with E-state index in [-0.39, 0.29) is 0 Å². The number of halogens is 1. The van der Waals surface area contributed by atoms with Crippen molar-refractivity contribution in [2.24, 2.45) is 0 Å². The van der Waals surface area contributed by atoms with Crippen molar-refractivity contribution in [1.29, 1.82) is 0 Å². The lowest BCUT2D eigenvalue weighted by molar-refractivity contribution is 0.107. The van der Waals surface area contributed by atoms with Gasteiger partial charge in [-0.2, -0.15) is 0 Å². The number of hydrogen-bond acceptors (Lipinski definition) is 3. The van der Waals surface area contributed by atoms with Gasteiger partial charge in [0.1, 0.15) is 0 Å². The number of rotatable bonds is 3. The highest BCUT2D eigenvalue weighted by molar-refractivity contribution is 6.67. The van der Waals surface area contributed by atoms with E-state index < -0.39 is 5.24 Å². The molecule has 16 heavy (non-hydrogen) atoms. The van der Waals surface area contributed by atoms with E-state index in [1.807, 2.05) is 0 Å². The Morgan fingerprint density at radius 2 is 1.81 bits per heavy atom. The summed E-state index contributed by atoms with van der Waals surface area (Å²) in [6, 6.07) is 5.22. The minimum Gasteiger partial charge on any atom is -0.493 e. The molecule has 1 aromatic heterocycles. The van der Waals surface area contributed by atoms with Crippen molar-refractivity contribution in [2.75, 3.05) is 14.2 Å². The minimum atomic E-state index is -0.519. The van der Waals surface area contributed by atoms with Gasteiger partial charge in [-0.3, -0.25) is 4.79 Å². The van der Waals surface area contributed by atoms with Gasteiger partial charge in [0.25, 0.3) is 5.24 Å². The maximum absolute atomic E-state index is 11.0. The van der Waals surface area contributed by atoms with E-state index in [0.29, 0.717) is 17.2 Å². The Morgan fingerprint density at radius 3 is 2.38 bits per heavy atom. The number of carbonyl (C=O) groups is 1. The van der Waals surface area contributed by atoms with Gasteiger partial charge < -0.3 is 14.5 Å². The molecular formula is C11H10ClNO3. The summed E-state index contributed by atoms with van der Waals surface area (Å²) >= 11 is 5.39. The van der Waals surface area contributed by atoms with Crippen molar-refractivity contribution in [3.8, 4) is 11.5 Å². The lowest BCUT2D eigenvalue weighted by atomic mass is 10.2. The molecule has 0 saturated carbocycles. The third kappa shape index (κ3) is 1.72. The number of aromatic nitrogens is 1. The largest absolute Gasteiger partial charge is 0.493 e. The molecule has 1 heterocycles. The van der Waals surface area contributed by atoms with Crippen LogP contribution in [0.1, 0.15) is 10.5 Å². The molecule has 0 spiro atoms. The fraction of sp³-hybridized carbons (Fsp3) is 0.182. The number of methoxy groups -OCH3 is 2. The molecule has 0 atom stereocenters. The molecule has 1 N–H and O–H groups in total. The summed E-state index contributed by atoms with van der Waals surface area (Å²) in [6.45, 7) is 0. The summed E-state index contributed by atoms with van der Waals surface area (Å²) in [5.41, 5.74) is 1.13. The molecule has 0 aliphatic carbocycles. The summed E-state index contributed by atoms with van der Waals surface area (Å²) in [6.07, 6.45) is 0. The predicted octanol–water partition coefficient (Wildman–Crippen LogP) is 2.56. The van der Waals surface area contributed by atoms with Gasteiger partial charge >= 0.3 is 0 Å². The van der Waals surface area contributed by atoms with Crippen LogP contribution in [0.5, 0.6) is 11.5 Å². The second-order valence-corrected chi connectivity index (χ2v) is 3.59. The standard InChI is InChI=1S/C11H10ClNO3/c1-15-9-4-6-3-8(11(12)14)13-7(6)5-10(9)16-2/h3-5,13H,1-2H3.